The number of rotatable bonds is 8. The molecule has 0 fully saturated rings. The fourth-order valence-electron chi connectivity index (χ4n) is 3.35. The molecule has 4 aromatic rings. The van der Waals surface area contributed by atoms with Gasteiger partial charge < -0.3 is 0 Å². The van der Waals surface area contributed by atoms with Gasteiger partial charge in [0.25, 0.3) is 0 Å². The predicted molar refractivity (Wildman–Crippen MR) is 109 cm³/mol. The van der Waals surface area contributed by atoms with E-state index in [4.69, 9.17) is 0 Å². The van der Waals surface area contributed by atoms with Crippen molar-refractivity contribution in [3.63, 3.8) is 0 Å². The van der Waals surface area contributed by atoms with Gasteiger partial charge in [0.05, 0.1) is 29.6 Å². The Hall–Kier alpha value is -3.75. The number of alkyl halides is 2. The van der Waals surface area contributed by atoms with Crippen molar-refractivity contribution < 1.29 is 18.4 Å². The first kappa shape index (κ1) is 20.5. The van der Waals surface area contributed by atoms with Crippen LogP contribution in [0.15, 0.2) is 55.0 Å². The summed E-state index contributed by atoms with van der Waals surface area (Å²) in [6.07, 6.45) is 1.32. The van der Waals surface area contributed by atoms with Crippen molar-refractivity contribution >= 4 is 17.3 Å². The van der Waals surface area contributed by atoms with Gasteiger partial charge in [-0.2, -0.15) is 5.10 Å². The zero-order valence-corrected chi connectivity index (χ0v) is 16.7. The lowest BCUT2D eigenvalue weighted by Crippen LogP contribution is -2.15. The van der Waals surface area contributed by atoms with Gasteiger partial charge in [0.1, 0.15) is 5.69 Å². The highest BCUT2D eigenvalue weighted by atomic mass is 19.3. The zero-order chi connectivity index (χ0) is 22.0. The molecule has 3 heterocycles. The number of imidazole rings is 1. The molecule has 0 radical (unpaired) electrons. The standard InChI is InChI=1S/C22H19F2N5O2/c1-28-21(16(12-25-28)18(30)7-8-20(23)24)19(31)11-15-9-10-29-13-17(27-22(29)26-15)14-5-3-2-4-6-14/h2-6,9-10,12-13,20H,7-8,11H2,1H3. The van der Waals surface area contributed by atoms with Crippen molar-refractivity contribution in [2.75, 3.05) is 0 Å². The van der Waals surface area contributed by atoms with Crippen molar-refractivity contribution in [1.29, 1.82) is 0 Å². The maximum absolute atomic E-state index is 12.9. The number of halogens is 2. The van der Waals surface area contributed by atoms with Gasteiger partial charge in [0.2, 0.25) is 12.2 Å². The van der Waals surface area contributed by atoms with Crippen LogP contribution in [0.5, 0.6) is 0 Å². The second-order valence-corrected chi connectivity index (χ2v) is 7.10. The minimum absolute atomic E-state index is 0.0569. The van der Waals surface area contributed by atoms with Crippen LogP contribution in [0.25, 0.3) is 17.0 Å². The lowest BCUT2D eigenvalue weighted by molar-refractivity contribution is 0.0898. The first-order valence-corrected chi connectivity index (χ1v) is 9.69. The van der Waals surface area contributed by atoms with E-state index in [1.807, 2.05) is 36.5 Å². The van der Waals surface area contributed by atoms with Crippen LogP contribution in [-0.4, -0.2) is 42.1 Å². The van der Waals surface area contributed by atoms with Gasteiger partial charge in [-0.3, -0.25) is 18.7 Å². The molecule has 0 aliphatic heterocycles. The summed E-state index contributed by atoms with van der Waals surface area (Å²) in [5, 5.41) is 3.96. The average molecular weight is 423 g/mol. The summed E-state index contributed by atoms with van der Waals surface area (Å²) in [7, 11) is 1.54. The fraction of sp³-hybridized carbons (Fsp3) is 0.227. The van der Waals surface area contributed by atoms with Crippen LogP contribution < -0.4 is 0 Å². The van der Waals surface area contributed by atoms with Gasteiger partial charge in [0, 0.05) is 37.8 Å². The summed E-state index contributed by atoms with van der Waals surface area (Å²) in [5.74, 6) is -0.449. The number of aromatic nitrogens is 5. The van der Waals surface area contributed by atoms with Crippen LogP contribution in [0.1, 0.15) is 39.4 Å². The maximum Gasteiger partial charge on any atom is 0.239 e. The monoisotopic (exact) mass is 423 g/mol. The highest BCUT2D eigenvalue weighted by Crippen LogP contribution is 2.19. The molecule has 9 heteroatoms. The summed E-state index contributed by atoms with van der Waals surface area (Å²) >= 11 is 0. The molecule has 1 aromatic carbocycles. The van der Waals surface area contributed by atoms with Gasteiger partial charge in [-0.1, -0.05) is 30.3 Å². The molecular formula is C22H19F2N5O2. The SMILES string of the molecule is Cn1ncc(C(=O)CCC(F)F)c1C(=O)Cc1ccn2cc(-c3ccccc3)nc2n1. The van der Waals surface area contributed by atoms with Crippen LogP contribution in [-0.2, 0) is 13.5 Å². The Balaban J connectivity index is 1.56. The van der Waals surface area contributed by atoms with Crippen molar-refractivity contribution in [3.05, 3.63) is 71.9 Å². The molecule has 0 atom stereocenters. The number of benzene rings is 1. The van der Waals surface area contributed by atoms with E-state index >= 15 is 0 Å². The Morgan fingerprint density at radius 3 is 2.58 bits per heavy atom. The Morgan fingerprint density at radius 2 is 1.84 bits per heavy atom. The van der Waals surface area contributed by atoms with Gasteiger partial charge in [0.15, 0.2) is 11.6 Å². The molecular weight excluding hydrogens is 404 g/mol. The van der Waals surface area contributed by atoms with Crippen molar-refractivity contribution in [3.8, 4) is 11.3 Å². The first-order valence-electron chi connectivity index (χ1n) is 9.69. The molecule has 4 rings (SSSR count). The minimum Gasteiger partial charge on any atom is -0.294 e. The Kier molecular flexibility index (Phi) is 5.66. The number of carbonyl (C=O) groups excluding carboxylic acids is 2. The fourth-order valence-corrected chi connectivity index (χ4v) is 3.35. The van der Waals surface area contributed by atoms with E-state index in [2.05, 4.69) is 15.1 Å². The zero-order valence-electron chi connectivity index (χ0n) is 16.7. The average Bonchev–Trinajstić information content (AvgIpc) is 3.36. The normalized spacial score (nSPS) is 11.4. The number of aryl methyl sites for hydroxylation is 1. The third-order valence-corrected chi connectivity index (χ3v) is 4.89. The largest absolute Gasteiger partial charge is 0.294 e. The molecule has 0 aliphatic carbocycles. The number of ketones is 2. The Bertz CT molecular complexity index is 1250. The Labute approximate surface area is 176 Å². The van der Waals surface area contributed by atoms with Crippen LogP contribution in [0.3, 0.4) is 0 Å². The second kappa shape index (κ2) is 8.55. The van der Waals surface area contributed by atoms with E-state index in [1.54, 1.807) is 16.7 Å². The van der Waals surface area contributed by atoms with Crippen molar-refractivity contribution in [2.45, 2.75) is 25.7 Å². The third-order valence-electron chi connectivity index (χ3n) is 4.89. The van der Waals surface area contributed by atoms with Gasteiger partial charge in [-0.25, -0.2) is 18.7 Å². The van der Waals surface area contributed by atoms with Crippen molar-refractivity contribution in [1.82, 2.24) is 24.1 Å². The number of carbonyl (C=O) groups is 2. The van der Waals surface area contributed by atoms with E-state index in [9.17, 15) is 18.4 Å². The molecule has 0 spiro atoms. The number of nitrogens with zero attached hydrogens (tertiary/aromatic N) is 5. The van der Waals surface area contributed by atoms with Gasteiger partial charge in [-0.05, 0) is 6.07 Å². The summed E-state index contributed by atoms with van der Waals surface area (Å²) in [6.45, 7) is 0. The number of fused-ring (bicyclic) bond motifs is 1. The molecule has 0 aliphatic rings. The van der Waals surface area contributed by atoms with Crippen molar-refractivity contribution in [2.24, 2.45) is 7.05 Å². The van der Waals surface area contributed by atoms with Crippen LogP contribution in [0, 0.1) is 0 Å². The van der Waals surface area contributed by atoms with Gasteiger partial charge in [-0.15, -0.1) is 0 Å². The van der Waals surface area contributed by atoms with E-state index in [0.717, 1.165) is 11.3 Å². The van der Waals surface area contributed by atoms with E-state index in [-0.39, 0.29) is 29.9 Å². The molecule has 31 heavy (non-hydrogen) atoms. The first-order chi connectivity index (χ1) is 14.9. The number of hydrogen-bond donors (Lipinski definition) is 0. The predicted octanol–water partition coefficient (Wildman–Crippen LogP) is 3.78. The molecule has 0 N–H and O–H groups in total. The third kappa shape index (κ3) is 4.40. The molecule has 0 saturated carbocycles. The summed E-state index contributed by atoms with van der Waals surface area (Å²) in [5.41, 5.74) is 2.34. The molecule has 3 aromatic heterocycles. The Morgan fingerprint density at radius 1 is 1.06 bits per heavy atom. The number of Topliss-reactive ketones (excluding diaryl/α,β-unsaturated/α-hetero) is 2. The second-order valence-electron chi connectivity index (χ2n) is 7.10. The van der Waals surface area contributed by atoms with Gasteiger partial charge >= 0.3 is 0 Å². The summed E-state index contributed by atoms with van der Waals surface area (Å²) < 4.78 is 27.9. The van der Waals surface area contributed by atoms with Crippen LogP contribution >= 0.6 is 0 Å². The highest BCUT2D eigenvalue weighted by molar-refractivity contribution is 6.08. The quantitative estimate of drug-likeness (QED) is 0.403. The molecule has 0 bridgehead atoms. The lowest BCUT2D eigenvalue weighted by Gasteiger charge is -2.05. The molecule has 0 saturated heterocycles. The van der Waals surface area contributed by atoms with E-state index in [1.165, 1.54) is 17.9 Å². The van der Waals surface area contributed by atoms with E-state index < -0.39 is 18.6 Å². The smallest absolute Gasteiger partial charge is 0.239 e. The van der Waals surface area contributed by atoms with Crippen LogP contribution in [0.4, 0.5) is 8.78 Å². The number of hydrogen-bond acceptors (Lipinski definition) is 5. The molecule has 7 nitrogen and oxygen atoms in total. The highest BCUT2D eigenvalue weighted by Gasteiger charge is 2.23. The molecule has 158 valence electrons. The molecule has 0 amide bonds. The minimum atomic E-state index is -2.58. The van der Waals surface area contributed by atoms with E-state index in [0.29, 0.717) is 11.5 Å². The molecule has 0 unspecified atom stereocenters. The topological polar surface area (TPSA) is 82.2 Å². The van der Waals surface area contributed by atoms with Crippen LogP contribution in [0.2, 0.25) is 0 Å². The summed E-state index contributed by atoms with van der Waals surface area (Å²) in [6, 6.07) is 11.4. The maximum atomic E-state index is 12.9. The lowest BCUT2D eigenvalue weighted by atomic mass is 10.0. The summed E-state index contributed by atoms with van der Waals surface area (Å²) in [4.78, 5) is 34.1.